The summed E-state index contributed by atoms with van der Waals surface area (Å²) < 4.78 is 5.88. The van der Waals surface area contributed by atoms with Gasteiger partial charge in [0.15, 0.2) is 0 Å². The average Bonchev–Trinajstić information content (AvgIpc) is 3.01. The third-order valence-corrected chi connectivity index (χ3v) is 4.19. The molecule has 2 heteroatoms. The molecule has 2 nitrogen and oxygen atoms in total. The summed E-state index contributed by atoms with van der Waals surface area (Å²) in [6.45, 7) is 6.08. The van der Waals surface area contributed by atoms with Gasteiger partial charge in [-0.05, 0) is 29.7 Å². The monoisotopic (exact) mass is 281 g/mol. The van der Waals surface area contributed by atoms with Gasteiger partial charge in [0.25, 0.3) is 0 Å². The predicted octanol–water partition coefficient (Wildman–Crippen LogP) is 3.88. The standard InChI is InChI=1S/C19H23NO/c1-3-14-8-10-15(11-9-14)18(20-4-2)17-7-5-6-16-12-13-21-19(16)17/h5-11,18,20H,3-4,12-13H2,1-2H3. The molecule has 0 spiro atoms. The van der Waals surface area contributed by atoms with Crippen molar-refractivity contribution in [2.45, 2.75) is 32.7 Å². The van der Waals surface area contributed by atoms with Crippen LogP contribution in [0, 0.1) is 0 Å². The predicted molar refractivity (Wildman–Crippen MR) is 87.0 cm³/mol. The first kappa shape index (κ1) is 14.2. The van der Waals surface area contributed by atoms with Crippen molar-refractivity contribution < 1.29 is 4.74 Å². The molecule has 21 heavy (non-hydrogen) atoms. The van der Waals surface area contributed by atoms with Gasteiger partial charge in [-0.2, -0.15) is 0 Å². The van der Waals surface area contributed by atoms with Crippen LogP contribution in [0.3, 0.4) is 0 Å². The summed E-state index contributed by atoms with van der Waals surface area (Å²) in [5.41, 5.74) is 5.28. The maximum absolute atomic E-state index is 5.88. The molecule has 1 aliphatic heterocycles. The van der Waals surface area contributed by atoms with Crippen molar-refractivity contribution in [2.75, 3.05) is 13.2 Å². The molecule has 0 fully saturated rings. The third-order valence-electron chi connectivity index (χ3n) is 4.19. The lowest BCUT2D eigenvalue weighted by atomic mass is 9.95. The van der Waals surface area contributed by atoms with Gasteiger partial charge >= 0.3 is 0 Å². The van der Waals surface area contributed by atoms with Gasteiger partial charge in [0, 0.05) is 12.0 Å². The van der Waals surface area contributed by atoms with Crippen LogP contribution in [0.25, 0.3) is 0 Å². The number of aryl methyl sites for hydroxylation is 1. The summed E-state index contributed by atoms with van der Waals surface area (Å²) in [6.07, 6.45) is 2.10. The highest BCUT2D eigenvalue weighted by Gasteiger charge is 2.22. The Labute approximate surface area is 127 Å². The molecule has 0 saturated carbocycles. The van der Waals surface area contributed by atoms with E-state index in [4.69, 9.17) is 4.74 Å². The van der Waals surface area contributed by atoms with E-state index in [1.807, 2.05) is 0 Å². The molecule has 110 valence electrons. The molecule has 0 aromatic heterocycles. The molecule has 2 aromatic rings. The van der Waals surface area contributed by atoms with Crippen LogP contribution >= 0.6 is 0 Å². The Kier molecular flexibility index (Phi) is 4.26. The first-order valence-corrected chi connectivity index (χ1v) is 7.90. The van der Waals surface area contributed by atoms with E-state index in [1.54, 1.807) is 0 Å². The quantitative estimate of drug-likeness (QED) is 0.898. The molecular formula is C19H23NO. The van der Waals surface area contributed by atoms with Crippen LogP contribution in [0.15, 0.2) is 42.5 Å². The van der Waals surface area contributed by atoms with E-state index in [0.717, 1.165) is 31.7 Å². The zero-order valence-electron chi connectivity index (χ0n) is 12.9. The smallest absolute Gasteiger partial charge is 0.127 e. The van der Waals surface area contributed by atoms with Crippen LogP contribution in [-0.4, -0.2) is 13.2 Å². The molecular weight excluding hydrogens is 258 g/mol. The minimum atomic E-state index is 0.203. The molecule has 0 aliphatic carbocycles. The number of hydrogen-bond donors (Lipinski definition) is 1. The summed E-state index contributed by atoms with van der Waals surface area (Å²) in [5, 5.41) is 3.60. The zero-order chi connectivity index (χ0) is 14.7. The Morgan fingerprint density at radius 2 is 1.90 bits per heavy atom. The molecule has 1 atom stereocenters. The van der Waals surface area contributed by atoms with E-state index in [0.29, 0.717) is 0 Å². The fourth-order valence-corrected chi connectivity index (χ4v) is 3.03. The largest absolute Gasteiger partial charge is 0.493 e. The van der Waals surface area contributed by atoms with Crippen molar-refractivity contribution in [3.05, 3.63) is 64.7 Å². The van der Waals surface area contributed by atoms with E-state index < -0.39 is 0 Å². The lowest BCUT2D eigenvalue weighted by Crippen LogP contribution is -2.22. The van der Waals surface area contributed by atoms with Gasteiger partial charge in [-0.1, -0.05) is 56.3 Å². The van der Waals surface area contributed by atoms with Gasteiger partial charge in [0.05, 0.1) is 12.6 Å². The summed E-state index contributed by atoms with van der Waals surface area (Å²) in [6, 6.07) is 15.6. The lowest BCUT2D eigenvalue weighted by Gasteiger charge is -2.21. The topological polar surface area (TPSA) is 21.3 Å². The van der Waals surface area contributed by atoms with Gasteiger partial charge in [0.2, 0.25) is 0 Å². The average molecular weight is 281 g/mol. The van der Waals surface area contributed by atoms with Crippen molar-refractivity contribution in [3.8, 4) is 5.75 Å². The number of rotatable bonds is 5. The maximum atomic E-state index is 5.88. The molecule has 0 radical (unpaired) electrons. The number of fused-ring (bicyclic) bond motifs is 1. The molecule has 0 saturated heterocycles. The number of ether oxygens (including phenoxy) is 1. The summed E-state index contributed by atoms with van der Waals surface area (Å²) >= 11 is 0. The Balaban J connectivity index is 1.99. The molecule has 3 rings (SSSR count). The van der Waals surface area contributed by atoms with Crippen molar-refractivity contribution in [1.82, 2.24) is 5.32 Å². The Morgan fingerprint density at radius 3 is 2.62 bits per heavy atom. The molecule has 1 N–H and O–H groups in total. The second kappa shape index (κ2) is 6.31. The number of hydrogen-bond acceptors (Lipinski definition) is 2. The van der Waals surface area contributed by atoms with Crippen molar-refractivity contribution in [2.24, 2.45) is 0 Å². The molecule has 1 heterocycles. The number of nitrogens with one attached hydrogen (secondary N) is 1. The molecule has 1 unspecified atom stereocenters. The normalized spacial score (nSPS) is 14.6. The first-order valence-electron chi connectivity index (χ1n) is 7.90. The minimum Gasteiger partial charge on any atom is -0.493 e. The van der Waals surface area contributed by atoms with E-state index in [2.05, 4.69) is 61.6 Å². The van der Waals surface area contributed by atoms with Crippen LogP contribution in [0.2, 0.25) is 0 Å². The highest BCUT2D eigenvalue weighted by molar-refractivity contribution is 5.48. The van der Waals surface area contributed by atoms with Crippen molar-refractivity contribution in [3.63, 3.8) is 0 Å². The third kappa shape index (κ3) is 2.81. The fourth-order valence-electron chi connectivity index (χ4n) is 3.03. The Morgan fingerprint density at radius 1 is 1.10 bits per heavy atom. The van der Waals surface area contributed by atoms with E-state index in [-0.39, 0.29) is 6.04 Å². The van der Waals surface area contributed by atoms with Gasteiger partial charge < -0.3 is 10.1 Å². The second-order valence-electron chi connectivity index (χ2n) is 5.52. The van der Waals surface area contributed by atoms with Gasteiger partial charge in [-0.25, -0.2) is 0 Å². The molecule has 1 aliphatic rings. The Bertz CT molecular complexity index is 603. The molecule has 0 amide bonds. The maximum Gasteiger partial charge on any atom is 0.127 e. The number of benzene rings is 2. The molecule has 0 bridgehead atoms. The molecule has 2 aromatic carbocycles. The lowest BCUT2D eigenvalue weighted by molar-refractivity contribution is 0.350. The summed E-state index contributed by atoms with van der Waals surface area (Å²) in [4.78, 5) is 0. The fraction of sp³-hybridized carbons (Fsp3) is 0.368. The van der Waals surface area contributed by atoms with Crippen LogP contribution in [0.1, 0.15) is 42.1 Å². The highest BCUT2D eigenvalue weighted by Crippen LogP contribution is 2.36. The van der Waals surface area contributed by atoms with E-state index >= 15 is 0 Å². The van der Waals surface area contributed by atoms with Gasteiger partial charge in [-0.15, -0.1) is 0 Å². The zero-order valence-corrected chi connectivity index (χ0v) is 12.9. The van der Waals surface area contributed by atoms with Crippen LogP contribution < -0.4 is 10.1 Å². The van der Waals surface area contributed by atoms with Crippen LogP contribution in [-0.2, 0) is 12.8 Å². The number of para-hydroxylation sites is 1. The SMILES string of the molecule is CCNC(c1ccc(CC)cc1)c1cccc2c1OCC2. The summed E-state index contributed by atoms with van der Waals surface area (Å²) in [5.74, 6) is 1.09. The van der Waals surface area contributed by atoms with Crippen LogP contribution in [0.4, 0.5) is 0 Å². The minimum absolute atomic E-state index is 0.203. The van der Waals surface area contributed by atoms with Crippen LogP contribution in [0.5, 0.6) is 5.75 Å². The Hall–Kier alpha value is -1.80. The van der Waals surface area contributed by atoms with Crippen molar-refractivity contribution >= 4 is 0 Å². The summed E-state index contributed by atoms with van der Waals surface area (Å²) in [7, 11) is 0. The first-order chi connectivity index (χ1) is 10.3. The van der Waals surface area contributed by atoms with Gasteiger partial charge in [0.1, 0.15) is 5.75 Å². The van der Waals surface area contributed by atoms with Crippen molar-refractivity contribution in [1.29, 1.82) is 0 Å². The second-order valence-corrected chi connectivity index (χ2v) is 5.52. The van der Waals surface area contributed by atoms with E-state index in [9.17, 15) is 0 Å². The van der Waals surface area contributed by atoms with E-state index in [1.165, 1.54) is 22.3 Å². The van der Waals surface area contributed by atoms with Gasteiger partial charge in [-0.3, -0.25) is 0 Å². The highest BCUT2D eigenvalue weighted by atomic mass is 16.5.